The van der Waals surface area contributed by atoms with E-state index >= 15 is 0 Å². The van der Waals surface area contributed by atoms with Crippen molar-refractivity contribution in [2.75, 3.05) is 7.11 Å². The maximum atomic E-state index is 12.6. The first-order valence-corrected chi connectivity index (χ1v) is 8.86. The lowest BCUT2D eigenvalue weighted by molar-refractivity contribution is 0.0894. The molecule has 1 aliphatic carbocycles. The van der Waals surface area contributed by atoms with Gasteiger partial charge in [-0.2, -0.15) is 4.37 Å². The van der Waals surface area contributed by atoms with Gasteiger partial charge in [0.25, 0.3) is 5.91 Å². The molecule has 1 aromatic heterocycles. The second-order valence-corrected chi connectivity index (χ2v) is 7.35. The molecule has 0 spiro atoms. The van der Waals surface area contributed by atoms with Gasteiger partial charge in [-0.15, -0.1) is 0 Å². The molecule has 0 saturated heterocycles. The molecule has 1 saturated carbocycles. The predicted molar refractivity (Wildman–Crippen MR) is 92.7 cm³/mol. The molecule has 3 rings (SSSR count). The van der Waals surface area contributed by atoms with Crippen molar-refractivity contribution in [3.05, 3.63) is 44.9 Å². The zero-order chi connectivity index (χ0) is 16.4. The Kier molecular flexibility index (Phi) is 4.80. The predicted octanol–water partition coefficient (Wildman–Crippen LogP) is 4.66. The Morgan fingerprint density at radius 2 is 2.09 bits per heavy atom. The minimum Gasteiger partial charge on any atom is -0.497 e. The SMILES string of the molecule is COc1cccc(C2(NC(=O)c3nsc(Cl)c3Cl)CCCC2)c1. The standard InChI is InChI=1S/C16H16Cl2N2O2S/c1-22-11-6-4-5-10(9-11)16(7-2-3-8-16)19-15(21)13-12(17)14(18)23-20-13/h4-6,9H,2-3,7-8H2,1H3,(H,19,21). The molecule has 1 N–H and O–H groups in total. The number of nitrogens with one attached hydrogen (secondary N) is 1. The number of amides is 1. The van der Waals surface area contributed by atoms with Crippen LogP contribution in [0.5, 0.6) is 5.75 Å². The molecule has 1 heterocycles. The van der Waals surface area contributed by atoms with Crippen LogP contribution in [0.15, 0.2) is 24.3 Å². The Balaban J connectivity index is 1.92. The first-order valence-electron chi connectivity index (χ1n) is 7.33. The lowest BCUT2D eigenvalue weighted by atomic mass is 9.87. The number of methoxy groups -OCH3 is 1. The van der Waals surface area contributed by atoms with Gasteiger partial charge in [0.05, 0.1) is 12.6 Å². The summed E-state index contributed by atoms with van der Waals surface area (Å²) in [4.78, 5) is 12.6. The van der Waals surface area contributed by atoms with Gasteiger partial charge < -0.3 is 10.1 Å². The van der Waals surface area contributed by atoms with Crippen molar-refractivity contribution in [2.24, 2.45) is 0 Å². The number of nitrogens with zero attached hydrogens (tertiary/aromatic N) is 1. The second kappa shape index (κ2) is 6.67. The Morgan fingerprint density at radius 3 is 2.70 bits per heavy atom. The summed E-state index contributed by atoms with van der Waals surface area (Å²) in [5, 5.41) is 3.35. The summed E-state index contributed by atoms with van der Waals surface area (Å²) in [7, 11) is 1.63. The molecule has 0 unspecified atom stereocenters. The van der Waals surface area contributed by atoms with Crippen molar-refractivity contribution in [2.45, 2.75) is 31.2 Å². The monoisotopic (exact) mass is 370 g/mol. The zero-order valence-electron chi connectivity index (χ0n) is 12.6. The number of aromatic nitrogens is 1. The first-order chi connectivity index (χ1) is 11.1. The smallest absolute Gasteiger partial charge is 0.273 e. The maximum Gasteiger partial charge on any atom is 0.273 e. The fraction of sp³-hybridized carbons (Fsp3) is 0.375. The summed E-state index contributed by atoms with van der Waals surface area (Å²) in [5.41, 5.74) is 0.821. The van der Waals surface area contributed by atoms with Crippen LogP contribution in [-0.4, -0.2) is 17.4 Å². The van der Waals surface area contributed by atoms with Crippen LogP contribution in [0.25, 0.3) is 0 Å². The second-order valence-electron chi connectivity index (χ2n) is 5.59. The fourth-order valence-corrected chi connectivity index (χ4v) is 4.06. The molecular weight excluding hydrogens is 355 g/mol. The number of hydrogen-bond donors (Lipinski definition) is 1. The fourth-order valence-electron chi connectivity index (χ4n) is 3.06. The molecule has 1 aromatic carbocycles. The molecule has 2 aromatic rings. The van der Waals surface area contributed by atoms with Crippen LogP contribution in [0.4, 0.5) is 0 Å². The third-order valence-corrected chi connectivity index (χ3v) is 5.86. The number of halogens is 2. The van der Waals surface area contributed by atoms with Crippen LogP contribution >= 0.6 is 34.7 Å². The Hall–Kier alpha value is -1.30. The average Bonchev–Trinajstić information content (AvgIpc) is 3.16. The lowest BCUT2D eigenvalue weighted by Gasteiger charge is -2.31. The number of hydrogen-bond acceptors (Lipinski definition) is 4. The van der Waals surface area contributed by atoms with Crippen LogP contribution in [0.1, 0.15) is 41.7 Å². The van der Waals surface area contributed by atoms with Gasteiger partial charge in [-0.25, -0.2) is 0 Å². The summed E-state index contributed by atoms with van der Waals surface area (Å²) in [6, 6.07) is 7.82. The molecular formula is C16H16Cl2N2O2S. The van der Waals surface area contributed by atoms with Crippen molar-refractivity contribution in [1.29, 1.82) is 0 Å². The Morgan fingerprint density at radius 1 is 1.35 bits per heavy atom. The molecule has 23 heavy (non-hydrogen) atoms. The van der Waals surface area contributed by atoms with Crippen molar-refractivity contribution in [1.82, 2.24) is 9.69 Å². The summed E-state index contributed by atoms with van der Waals surface area (Å²) in [5.74, 6) is 0.487. The van der Waals surface area contributed by atoms with Crippen LogP contribution in [-0.2, 0) is 5.54 Å². The Labute approximate surface area is 148 Å². The molecule has 1 aliphatic rings. The van der Waals surface area contributed by atoms with Crippen LogP contribution in [0.2, 0.25) is 9.36 Å². The van der Waals surface area contributed by atoms with E-state index in [0.717, 1.165) is 48.5 Å². The van der Waals surface area contributed by atoms with E-state index in [1.807, 2.05) is 24.3 Å². The Bertz CT molecular complexity index is 727. The number of carbonyl (C=O) groups excluding carboxylic acids is 1. The first kappa shape index (κ1) is 16.6. The van der Waals surface area contributed by atoms with E-state index < -0.39 is 5.54 Å². The molecule has 0 aliphatic heterocycles. The number of benzene rings is 1. The van der Waals surface area contributed by atoms with E-state index in [1.165, 1.54) is 0 Å². The summed E-state index contributed by atoms with van der Waals surface area (Å²) in [6.45, 7) is 0. The third-order valence-electron chi connectivity index (χ3n) is 4.24. The molecule has 0 radical (unpaired) electrons. The van der Waals surface area contributed by atoms with E-state index in [9.17, 15) is 4.79 Å². The van der Waals surface area contributed by atoms with E-state index in [4.69, 9.17) is 27.9 Å². The van der Waals surface area contributed by atoms with E-state index in [2.05, 4.69) is 9.69 Å². The minimum absolute atomic E-state index is 0.191. The average molecular weight is 371 g/mol. The highest BCUT2D eigenvalue weighted by molar-refractivity contribution is 7.11. The van der Waals surface area contributed by atoms with Gasteiger partial charge in [-0.3, -0.25) is 4.79 Å². The third kappa shape index (κ3) is 3.18. The summed E-state index contributed by atoms with van der Waals surface area (Å²) >= 11 is 13.0. The zero-order valence-corrected chi connectivity index (χ0v) is 14.9. The van der Waals surface area contributed by atoms with Crippen LogP contribution < -0.4 is 10.1 Å². The summed E-state index contributed by atoms with van der Waals surface area (Å²) in [6.07, 6.45) is 3.87. The quantitative estimate of drug-likeness (QED) is 0.851. The van der Waals surface area contributed by atoms with Gasteiger partial charge in [0.15, 0.2) is 5.69 Å². The largest absolute Gasteiger partial charge is 0.497 e. The van der Waals surface area contributed by atoms with Gasteiger partial charge >= 0.3 is 0 Å². The van der Waals surface area contributed by atoms with Gasteiger partial charge in [0.1, 0.15) is 15.1 Å². The van der Waals surface area contributed by atoms with Crippen molar-refractivity contribution < 1.29 is 9.53 Å². The maximum absolute atomic E-state index is 12.6. The molecule has 1 fully saturated rings. The number of carbonyl (C=O) groups is 1. The molecule has 4 nitrogen and oxygen atoms in total. The molecule has 122 valence electrons. The van der Waals surface area contributed by atoms with Crippen molar-refractivity contribution >= 4 is 40.6 Å². The number of rotatable bonds is 4. The van der Waals surface area contributed by atoms with E-state index in [-0.39, 0.29) is 16.6 Å². The van der Waals surface area contributed by atoms with Crippen LogP contribution in [0, 0.1) is 0 Å². The highest BCUT2D eigenvalue weighted by Gasteiger charge is 2.38. The molecule has 0 bridgehead atoms. The highest BCUT2D eigenvalue weighted by atomic mass is 35.5. The van der Waals surface area contributed by atoms with Gasteiger partial charge in [-0.05, 0) is 42.1 Å². The molecule has 0 atom stereocenters. The minimum atomic E-state index is -0.412. The van der Waals surface area contributed by atoms with Gasteiger partial charge in [0.2, 0.25) is 0 Å². The van der Waals surface area contributed by atoms with Crippen molar-refractivity contribution in [3.8, 4) is 5.75 Å². The lowest BCUT2D eigenvalue weighted by Crippen LogP contribution is -2.44. The molecule has 7 heteroatoms. The normalized spacial score (nSPS) is 16.3. The topological polar surface area (TPSA) is 51.2 Å². The van der Waals surface area contributed by atoms with Gasteiger partial charge in [0, 0.05) is 0 Å². The van der Waals surface area contributed by atoms with E-state index in [1.54, 1.807) is 7.11 Å². The van der Waals surface area contributed by atoms with Gasteiger partial charge in [-0.1, -0.05) is 48.2 Å². The number of ether oxygens (including phenoxy) is 1. The van der Waals surface area contributed by atoms with Crippen molar-refractivity contribution in [3.63, 3.8) is 0 Å². The highest BCUT2D eigenvalue weighted by Crippen LogP contribution is 2.40. The van der Waals surface area contributed by atoms with E-state index in [0.29, 0.717) is 4.34 Å². The molecule has 1 amide bonds. The van der Waals surface area contributed by atoms with Crippen LogP contribution in [0.3, 0.4) is 0 Å². The summed E-state index contributed by atoms with van der Waals surface area (Å²) < 4.78 is 9.70.